The molecule has 3 heterocycles. The van der Waals surface area contributed by atoms with Gasteiger partial charge in [-0.05, 0) is 32.0 Å². The van der Waals surface area contributed by atoms with E-state index < -0.39 is 0 Å². The molecule has 1 aliphatic rings. The second-order valence-corrected chi connectivity index (χ2v) is 6.54. The zero-order valence-corrected chi connectivity index (χ0v) is 15.0. The van der Waals surface area contributed by atoms with Gasteiger partial charge in [-0.1, -0.05) is 12.1 Å². The van der Waals surface area contributed by atoms with E-state index in [0.717, 1.165) is 54.9 Å². The van der Waals surface area contributed by atoms with Crippen molar-refractivity contribution >= 4 is 11.5 Å². The lowest BCUT2D eigenvalue weighted by molar-refractivity contribution is 0.472. The van der Waals surface area contributed by atoms with E-state index in [9.17, 15) is 5.11 Å². The number of phenolic OH excluding ortho intramolecular Hbond substituents is 1. The third-order valence-corrected chi connectivity index (χ3v) is 4.66. The SMILES string of the molecule is Cc1cc(C)n(-c2cncc(N3CCN(c4ccccc4O)CC3)n2)n1. The zero-order valence-electron chi connectivity index (χ0n) is 15.0. The first kappa shape index (κ1) is 16.4. The Morgan fingerprint density at radius 3 is 2.31 bits per heavy atom. The molecule has 1 saturated heterocycles. The number of nitrogens with zero attached hydrogens (tertiary/aromatic N) is 6. The first-order valence-electron chi connectivity index (χ1n) is 8.75. The molecule has 2 aromatic heterocycles. The summed E-state index contributed by atoms with van der Waals surface area (Å²) in [6.07, 6.45) is 3.53. The van der Waals surface area contributed by atoms with E-state index in [4.69, 9.17) is 4.98 Å². The summed E-state index contributed by atoms with van der Waals surface area (Å²) in [5, 5.41) is 14.5. The molecule has 4 rings (SSSR count). The normalized spacial score (nSPS) is 14.7. The van der Waals surface area contributed by atoms with Gasteiger partial charge in [0.1, 0.15) is 11.6 Å². The van der Waals surface area contributed by atoms with Gasteiger partial charge in [0.05, 0.1) is 23.8 Å². The average molecular weight is 350 g/mol. The van der Waals surface area contributed by atoms with Gasteiger partial charge in [0.15, 0.2) is 5.82 Å². The summed E-state index contributed by atoms with van der Waals surface area (Å²) in [6.45, 7) is 7.28. The molecule has 1 aliphatic heterocycles. The summed E-state index contributed by atoms with van der Waals surface area (Å²) < 4.78 is 1.82. The van der Waals surface area contributed by atoms with Crippen LogP contribution in [0.3, 0.4) is 0 Å². The highest BCUT2D eigenvalue weighted by Crippen LogP contribution is 2.28. The number of hydrogen-bond acceptors (Lipinski definition) is 6. The second kappa shape index (κ2) is 6.67. The van der Waals surface area contributed by atoms with Gasteiger partial charge >= 0.3 is 0 Å². The average Bonchev–Trinajstić information content (AvgIpc) is 3.01. The fraction of sp³-hybridized carbons (Fsp3) is 0.316. The Hall–Kier alpha value is -3.09. The predicted molar refractivity (Wildman–Crippen MR) is 101 cm³/mol. The van der Waals surface area contributed by atoms with E-state index in [2.05, 4.69) is 19.9 Å². The lowest BCUT2D eigenvalue weighted by atomic mass is 10.2. The molecule has 1 fully saturated rings. The number of piperazine rings is 1. The van der Waals surface area contributed by atoms with Crippen molar-refractivity contribution in [2.45, 2.75) is 13.8 Å². The van der Waals surface area contributed by atoms with Gasteiger partial charge in [0.2, 0.25) is 0 Å². The molecule has 0 unspecified atom stereocenters. The first-order chi connectivity index (χ1) is 12.6. The van der Waals surface area contributed by atoms with E-state index in [0.29, 0.717) is 5.75 Å². The van der Waals surface area contributed by atoms with Gasteiger partial charge in [0, 0.05) is 31.9 Å². The molecule has 0 atom stereocenters. The lowest BCUT2D eigenvalue weighted by Crippen LogP contribution is -2.47. The Bertz CT molecular complexity index is 914. The highest BCUT2D eigenvalue weighted by atomic mass is 16.3. The standard InChI is InChI=1S/C19H22N6O/c1-14-11-15(2)25(22-14)19-13-20-12-18(21-19)24-9-7-23(8-10-24)16-5-3-4-6-17(16)26/h3-6,11-13,26H,7-10H2,1-2H3. The summed E-state index contributed by atoms with van der Waals surface area (Å²) in [4.78, 5) is 13.5. The summed E-state index contributed by atoms with van der Waals surface area (Å²) in [5.74, 6) is 1.91. The second-order valence-electron chi connectivity index (χ2n) is 6.54. The minimum absolute atomic E-state index is 0.326. The molecule has 0 amide bonds. The molecule has 7 heteroatoms. The molecule has 134 valence electrons. The van der Waals surface area contributed by atoms with Crippen LogP contribution in [0.1, 0.15) is 11.4 Å². The Morgan fingerprint density at radius 2 is 1.62 bits per heavy atom. The number of aromatic nitrogens is 4. The third kappa shape index (κ3) is 3.08. The molecule has 0 aliphatic carbocycles. The molecule has 1 aromatic carbocycles. The van der Waals surface area contributed by atoms with Crippen LogP contribution < -0.4 is 9.80 Å². The number of aromatic hydroxyl groups is 1. The molecule has 0 saturated carbocycles. The number of anilines is 2. The summed E-state index contributed by atoms with van der Waals surface area (Å²) in [6, 6.07) is 9.50. The van der Waals surface area contributed by atoms with Gasteiger partial charge in [-0.15, -0.1) is 0 Å². The topological polar surface area (TPSA) is 70.3 Å². The maximum Gasteiger partial charge on any atom is 0.174 e. The van der Waals surface area contributed by atoms with E-state index in [-0.39, 0.29) is 0 Å². The van der Waals surface area contributed by atoms with E-state index >= 15 is 0 Å². The number of aryl methyl sites for hydroxylation is 2. The molecule has 0 spiro atoms. The molecule has 0 bridgehead atoms. The third-order valence-electron chi connectivity index (χ3n) is 4.66. The fourth-order valence-corrected chi connectivity index (χ4v) is 3.37. The van der Waals surface area contributed by atoms with Crippen LogP contribution in [0.5, 0.6) is 5.75 Å². The van der Waals surface area contributed by atoms with E-state index in [1.54, 1.807) is 18.5 Å². The fourth-order valence-electron chi connectivity index (χ4n) is 3.37. The monoisotopic (exact) mass is 350 g/mol. The Kier molecular flexibility index (Phi) is 4.20. The quantitative estimate of drug-likeness (QED) is 0.782. The van der Waals surface area contributed by atoms with E-state index in [1.165, 1.54) is 0 Å². The van der Waals surface area contributed by atoms with Crippen LogP contribution in [0.15, 0.2) is 42.7 Å². The van der Waals surface area contributed by atoms with Crippen molar-refractivity contribution in [3.8, 4) is 11.6 Å². The van der Waals surface area contributed by atoms with Crippen LogP contribution in [0.25, 0.3) is 5.82 Å². The smallest absolute Gasteiger partial charge is 0.174 e. The van der Waals surface area contributed by atoms with Crippen LogP contribution >= 0.6 is 0 Å². The van der Waals surface area contributed by atoms with Crippen molar-refractivity contribution < 1.29 is 5.11 Å². The zero-order chi connectivity index (χ0) is 18.1. The highest BCUT2D eigenvalue weighted by Gasteiger charge is 2.20. The van der Waals surface area contributed by atoms with Gasteiger partial charge < -0.3 is 14.9 Å². The highest BCUT2D eigenvalue weighted by molar-refractivity contribution is 5.58. The molecule has 0 radical (unpaired) electrons. The van der Waals surface area contributed by atoms with Gasteiger partial charge in [-0.3, -0.25) is 4.98 Å². The molecule has 7 nitrogen and oxygen atoms in total. The number of rotatable bonds is 3. The Balaban J connectivity index is 1.51. The minimum atomic E-state index is 0.326. The van der Waals surface area contributed by atoms with Crippen molar-refractivity contribution in [3.05, 3.63) is 54.1 Å². The van der Waals surface area contributed by atoms with Crippen molar-refractivity contribution in [2.75, 3.05) is 36.0 Å². The molecular weight excluding hydrogens is 328 g/mol. The van der Waals surface area contributed by atoms with Crippen molar-refractivity contribution in [2.24, 2.45) is 0 Å². The predicted octanol–water partition coefficient (Wildman–Crippen LogP) is 2.31. The number of para-hydroxylation sites is 2. The Labute approximate surface area is 152 Å². The lowest BCUT2D eigenvalue weighted by Gasteiger charge is -2.36. The van der Waals surface area contributed by atoms with Gasteiger partial charge in [-0.2, -0.15) is 5.10 Å². The molecule has 3 aromatic rings. The summed E-state index contributed by atoms with van der Waals surface area (Å²) in [7, 11) is 0. The summed E-state index contributed by atoms with van der Waals surface area (Å²) >= 11 is 0. The first-order valence-corrected chi connectivity index (χ1v) is 8.75. The maximum absolute atomic E-state index is 10.0. The van der Waals surface area contributed by atoms with Crippen LogP contribution in [0, 0.1) is 13.8 Å². The number of benzene rings is 1. The van der Waals surface area contributed by atoms with Crippen LogP contribution in [-0.4, -0.2) is 51.0 Å². The van der Waals surface area contributed by atoms with Crippen molar-refractivity contribution in [1.29, 1.82) is 0 Å². The van der Waals surface area contributed by atoms with Crippen LogP contribution in [0.4, 0.5) is 11.5 Å². The largest absolute Gasteiger partial charge is 0.506 e. The Morgan fingerprint density at radius 1 is 0.923 bits per heavy atom. The van der Waals surface area contributed by atoms with E-state index in [1.807, 2.05) is 42.8 Å². The van der Waals surface area contributed by atoms with Crippen LogP contribution in [0.2, 0.25) is 0 Å². The van der Waals surface area contributed by atoms with Gasteiger partial charge in [-0.25, -0.2) is 9.67 Å². The van der Waals surface area contributed by atoms with Crippen molar-refractivity contribution in [3.63, 3.8) is 0 Å². The molecule has 1 N–H and O–H groups in total. The maximum atomic E-state index is 10.0. The molecular formula is C19H22N6O. The van der Waals surface area contributed by atoms with Gasteiger partial charge in [0.25, 0.3) is 0 Å². The number of hydrogen-bond donors (Lipinski definition) is 1. The van der Waals surface area contributed by atoms with Crippen molar-refractivity contribution in [1.82, 2.24) is 19.7 Å². The summed E-state index contributed by atoms with van der Waals surface area (Å²) in [5.41, 5.74) is 2.89. The minimum Gasteiger partial charge on any atom is -0.506 e. The number of phenols is 1. The molecule has 26 heavy (non-hydrogen) atoms. The van der Waals surface area contributed by atoms with Crippen LogP contribution in [-0.2, 0) is 0 Å².